The van der Waals surface area contributed by atoms with Gasteiger partial charge in [0.15, 0.2) is 5.82 Å². The highest BCUT2D eigenvalue weighted by Crippen LogP contribution is 2.21. The van der Waals surface area contributed by atoms with Gasteiger partial charge in [0.05, 0.1) is 18.3 Å². The van der Waals surface area contributed by atoms with E-state index >= 15 is 0 Å². The van der Waals surface area contributed by atoms with Crippen LogP contribution in [0.3, 0.4) is 0 Å². The Morgan fingerprint density at radius 3 is 2.86 bits per heavy atom. The summed E-state index contributed by atoms with van der Waals surface area (Å²) in [6, 6.07) is 2.96. The maximum absolute atomic E-state index is 13.4. The van der Waals surface area contributed by atoms with Crippen molar-refractivity contribution in [1.82, 2.24) is 9.97 Å². The van der Waals surface area contributed by atoms with Crippen molar-refractivity contribution in [3.63, 3.8) is 0 Å². The van der Waals surface area contributed by atoms with Crippen LogP contribution >= 0.6 is 0 Å². The van der Waals surface area contributed by atoms with Crippen molar-refractivity contribution >= 4 is 11.0 Å². The van der Waals surface area contributed by atoms with Gasteiger partial charge in [0.25, 0.3) is 0 Å². The van der Waals surface area contributed by atoms with Crippen molar-refractivity contribution < 1.29 is 9.13 Å². The minimum atomic E-state index is -0.407. The number of halogens is 1. The van der Waals surface area contributed by atoms with Crippen molar-refractivity contribution in [3.8, 4) is 5.75 Å². The third-order valence-electron chi connectivity index (χ3n) is 1.93. The quantitative estimate of drug-likeness (QED) is 0.693. The van der Waals surface area contributed by atoms with E-state index in [0.29, 0.717) is 17.0 Å². The van der Waals surface area contributed by atoms with Gasteiger partial charge < -0.3 is 4.74 Å². The fourth-order valence-corrected chi connectivity index (χ4v) is 1.26. The maximum atomic E-state index is 13.4. The highest BCUT2D eigenvalue weighted by molar-refractivity contribution is 5.76. The first kappa shape index (κ1) is 8.87. The smallest absolute Gasteiger partial charge is 0.154 e. The zero-order valence-electron chi connectivity index (χ0n) is 7.91. The van der Waals surface area contributed by atoms with Crippen LogP contribution in [0.1, 0.15) is 5.69 Å². The van der Waals surface area contributed by atoms with Crippen LogP contribution < -0.4 is 4.74 Å². The first-order valence-corrected chi connectivity index (χ1v) is 4.17. The topological polar surface area (TPSA) is 35.0 Å². The fraction of sp³-hybridized carbons (Fsp3) is 0.200. The standard InChI is InChI=1S/C10H9FN2O/c1-6-5-12-9-4-7(14-2)3-8(11)10(9)13-6/h3-5H,1-2H3. The molecule has 4 heteroatoms. The molecule has 0 N–H and O–H groups in total. The number of fused-ring (bicyclic) bond motifs is 1. The second-order valence-corrected chi connectivity index (χ2v) is 2.99. The Labute approximate surface area is 80.6 Å². The van der Waals surface area contributed by atoms with Gasteiger partial charge in [0, 0.05) is 18.3 Å². The SMILES string of the molecule is COc1cc(F)c2nc(C)cnc2c1. The number of hydrogen-bond acceptors (Lipinski definition) is 3. The first-order valence-electron chi connectivity index (χ1n) is 4.17. The monoisotopic (exact) mass is 192 g/mol. The van der Waals surface area contributed by atoms with Gasteiger partial charge in [-0.15, -0.1) is 0 Å². The van der Waals surface area contributed by atoms with Gasteiger partial charge in [-0.05, 0) is 6.92 Å². The predicted octanol–water partition coefficient (Wildman–Crippen LogP) is 2.09. The molecule has 1 aromatic carbocycles. The molecular formula is C10H9FN2O. The van der Waals surface area contributed by atoms with Crippen molar-refractivity contribution in [2.45, 2.75) is 6.92 Å². The summed E-state index contributed by atoms with van der Waals surface area (Å²) < 4.78 is 18.4. The minimum Gasteiger partial charge on any atom is -0.497 e. The van der Waals surface area contributed by atoms with Gasteiger partial charge in [-0.25, -0.2) is 9.37 Å². The van der Waals surface area contributed by atoms with Crippen molar-refractivity contribution in [1.29, 1.82) is 0 Å². The Morgan fingerprint density at radius 2 is 2.14 bits per heavy atom. The highest BCUT2D eigenvalue weighted by atomic mass is 19.1. The van der Waals surface area contributed by atoms with E-state index in [-0.39, 0.29) is 5.52 Å². The number of ether oxygens (including phenoxy) is 1. The third kappa shape index (κ3) is 1.39. The predicted molar refractivity (Wildman–Crippen MR) is 50.8 cm³/mol. The number of benzene rings is 1. The average molecular weight is 192 g/mol. The number of aryl methyl sites for hydroxylation is 1. The van der Waals surface area contributed by atoms with Crippen molar-refractivity contribution in [2.24, 2.45) is 0 Å². The molecule has 0 fully saturated rings. The molecule has 1 heterocycles. The largest absolute Gasteiger partial charge is 0.497 e. The Kier molecular flexibility index (Phi) is 2.04. The summed E-state index contributed by atoms with van der Waals surface area (Å²) >= 11 is 0. The molecule has 0 atom stereocenters. The van der Waals surface area contributed by atoms with Crippen LogP contribution in [0.25, 0.3) is 11.0 Å². The summed E-state index contributed by atoms with van der Waals surface area (Å²) in [6.45, 7) is 1.77. The van der Waals surface area contributed by atoms with Crippen LogP contribution in [0, 0.1) is 12.7 Å². The Hall–Kier alpha value is -1.71. The number of aromatic nitrogens is 2. The molecule has 0 aliphatic rings. The van der Waals surface area contributed by atoms with Gasteiger partial charge in [-0.1, -0.05) is 0 Å². The molecule has 0 spiro atoms. The second-order valence-electron chi connectivity index (χ2n) is 2.99. The Bertz CT molecular complexity index is 485. The molecule has 72 valence electrons. The van der Waals surface area contributed by atoms with Crippen LogP contribution in [0.15, 0.2) is 18.3 Å². The fourth-order valence-electron chi connectivity index (χ4n) is 1.26. The summed E-state index contributed by atoms with van der Waals surface area (Å²) in [6.07, 6.45) is 1.60. The molecule has 0 radical (unpaired) electrons. The maximum Gasteiger partial charge on any atom is 0.154 e. The molecular weight excluding hydrogens is 183 g/mol. The van der Waals surface area contributed by atoms with Crippen LogP contribution in [0.2, 0.25) is 0 Å². The summed E-state index contributed by atoms with van der Waals surface area (Å²) in [7, 11) is 1.49. The molecule has 2 aromatic rings. The van der Waals surface area contributed by atoms with Gasteiger partial charge in [0.1, 0.15) is 11.3 Å². The molecule has 3 nitrogen and oxygen atoms in total. The average Bonchev–Trinajstić information content (AvgIpc) is 2.19. The van der Waals surface area contributed by atoms with Gasteiger partial charge >= 0.3 is 0 Å². The lowest BCUT2D eigenvalue weighted by molar-refractivity contribution is 0.412. The number of nitrogens with zero attached hydrogens (tertiary/aromatic N) is 2. The van der Waals surface area contributed by atoms with E-state index in [2.05, 4.69) is 9.97 Å². The second kappa shape index (κ2) is 3.21. The molecule has 1 aromatic heterocycles. The van der Waals surface area contributed by atoms with E-state index in [0.717, 1.165) is 0 Å². The lowest BCUT2D eigenvalue weighted by atomic mass is 10.2. The summed E-state index contributed by atoms with van der Waals surface area (Å²) in [5.41, 5.74) is 1.49. The molecule has 2 rings (SSSR count). The molecule has 0 saturated carbocycles. The first-order chi connectivity index (χ1) is 6.70. The van der Waals surface area contributed by atoms with Gasteiger partial charge in [-0.2, -0.15) is 0 Å². The molecule has 0 amide bonds. The molecule has 0 aliphatic heterocycles. The van der Waals surface area contributed by atoms with E-state index in [1.807, 2.05) is 0 Å². The number of hydrogen-bond donors (Lipinski definition) is 0. The van der Waals surface area contributed by atoms with E-state index in [4.69, 9.17) is 4.74 Å². The zero-order valence-corrected chi connectivity index (χ0v) is 7.91. The molecule has 0 unspecified atom stereocenters. The molecule has 0 bridgehead atoms. The lowest BCUT2D eigenvalue weighted by Crippen LogP contribution is -1.92. The Morgan fingerprint density at radius 1 is 1.36 bits per heavy atom. The van der Waals surface area contributed by atoms with Crippen LogP contribution in [-0.2, 0) is 0 Å². The van der Waals surface area contributed by atoms with Crippen LogP contribution in [0.4, 0.5) is 4.39 Å². The Balaban J connectivity index is 2.76. The van der Waals surface area contributed by atoms with E-state index in [1.165, 1.54) is 13.2 Å². The molecule has 14 heavy (non-hydrogen) atoms. The van der Waals surface area contributed by atoms with E-state index in [1.54, 1.807) is 19.2 Å². The summed E-state index contributed by atoms with van der Waals surface area (Å²) in [5, 5.41) is 0. The number of rotatable bonds is 1. The van der Waals surface area contributed by atoms with Crippen LogP contribution in [0.5, 0.6) is 5.75 Å². The molecule has 0 saturated heterocycles. The highest BCUT2D eigenvalue weighted by Gasteiger charge is 2.06. The van der Waals surface area contributed by atoms with E-state index in [9.17, 15) is 4.39 Å². The zero-order chi connectivity index (χ0) is 10.1. The van der Waals surface area contributed by atoms with Crippen molar-refractivity contribution in [3.05, 3.63) is 29.8 Å². The molecule has 0 aliphatic carbocycles. The third-order valence-corrected chi connectivity index (χ3v) is 1.93. The summed E-state index contributed by atoms with van der Waals surface area (Å²) in [4.78, 5) is 8.13. The summed E-state index contributed by atoms with van der Waals surface area (Å²) in [5.74, 6) is 0.0451. The lowest BCUT2D eigenvalue weighted by Gasteiger charge is -2.03. The van der Waals surface area contributed by atoms with Crippen molar-refractivity contribution in [2.75, 3.05) is 7.11 Å². The normalized spacial score (nSPS) is 10.5. The van der Waals surface area contributed by atoms with Crippen LogP contribution in [-0.4, -0.2) is 17.1 Å². The van der Waals surface area contributed by atoms with Gasteiger partial charge in [0.2, 0.25) is 0 Å². The van der Waals surface area contributed by atoms with E-state index < -0.39 is 5.82 Å². The number of methoxy groups -OCH3 is 1. The van der Waals surface area contributed by atoms with Gasteiger partial charge in [-0.3, -0.25) is 4.98 Å². The minimum absolute atomic E-state index is 0.283.